The molecule has 0 saturated heterocycles. The Kier molecular flexibility index (Phi) is 6.11. The van der Waals surface area contributed by atoms with Crippen LogP contribution in [-0.4, -0.2) is 37.0 Å². The molecule has 2 aromatic carbocycles. The van der Waals surface area contributed by atoms with E-state index in [1.54, 1.807) is 25.3 Å². The Balaban J connectivity index is 2.03. The third-order valence-electron chi connectivity index (χ3n) is 4.56. The number of benzene rings is 2. The number of anilines is 1. The summed E-state index contributed by atoms with van der Waals surface area (Å²) in [5, 5.41) is 3.62. The Hall–Kier alpha value is -2.70. The van der Waals surface area contributed by atoms with E-state index in [0.717, 1.165) is 5.56 Å². The molecule has 0 fully saturated rings. The van der Waals surface area contributed by atoms with E-state index in [9.17, 15) is 14.0 Å². The van der Waals surface area contributed by atoms with Crippen molar-refractivity contribution in [3.8, 4) is 0 Å². The molecule has 1 N–H and O–H groups in total. The average Bonchev–Trinajstić information content (AvgIpc) is 2.90. The Morgan fingerprint density at radius 2 is 1.82 bits per heavy atom. The summed E-state index contributed by atoms with van der Waals surface area (Å²) in [6, 6.07) is 10.8. The molecule has 1 aliphatic rings. The molecule has 0 aromatic heterocycles. The van der Waals surface area contributed by atoms with Gasteiger partial charge in [-0.1, -0.05) is 29.8 Å². The lowest BCUT2D eigenvalue weighted by Crippen LogP contribution is -2.34. The first-order valence-electron chi connectivity index (χ1n) is 8.81. The standard InChI is InChI=1S/C21H20ClFN2O3/c1-13-16(22)5-3-6-17(13)24-19-18(14-7-9-15(23)10-8-14)20(26)25(21(19)27)11-4-12-28-2/h3,5-10,24H,4,11-12H2,1-2H3. The number of carbonyl (C=O) groups is 2. The number of imide groups is 1. The fraction of sp³-hybridized carbons (Fsp3) is 0.238. The predicted octanol–water partition coefficient (Wildman–Crippen LogP) is 4.02. The molecule has 0 spiro atoms. The van der Waals surface area contributed by atoms with Crippen molar-refractivity contribution >= 4 is 34.7 Å². The topological polar surface area (TPSA) is 58.6 Å². The molecule has 2 amide bonds. The molecule has 0 bridgehead atoms. The zero-order valence-electron chi connectivity index (χ0n) is 15.6. The van der Waals surface area contributed by atoms with E-state index in [2.05, 4.69) is 5.32 Å². The minimum atomic E-state index is -0.431. The van der Waals surface area contributed by atoms with Crippen LogP contribution in [0.15, 0.2) is 48.2 Å². The summed E-state index contributed by atoms with van der Waals surface area (Å²) in [5.74, 6) is -1.27. The van der Waals surface area contributed by atoms with Gasteiger partial charge in [-0.15, -0.1) is 0 Å². The monoisotopic (exact) mass is 402 g/mol. The highest BCUT2D eigenvalue weighted by molar-refractivity contribution is 6.36. The Labute approximate surface area is 167 Å². The second-order valence-corrected chi connectivity index (χ2v) is 6.81. The van der Waals surface area contributed by atoms with Crippen LogP contribution in [0.1, 0.15) is 17.5 Å². The maximum Gasteiger partial charge on any atom is 0.278 e. The summed E-state index contributed by atoms with van der Waals surface area (Å²) in [7, 11) is 1.56. The van der Waals surface area contributed by atoms with Gasteiger partial charge in [-0.05, 0) is 48.7 Å². The van der Waals surface area contributed by atoms with Crippen molar-refractivity contribution < 1.29 is 18.7 Å². The molecular formula is C21H20ClFN2O3. The summed E-state index contributed by atoms with van der Waals surface area (Å²) in [4.78, 5) is 27.2. The van der Waals surface area contributed by atoms with E-state index in [0.29, 0.717) is 29.3 Å². The number of carbonyl (C=O) groups excluding carboxylic acids is 2. The summed E-state index contributed by atoms with van der Waals surface area (Å²) >= 11 is 6.17. The fourth-order valence-corrected chi connectivity index (χ4v) is 3.20. The van der Waals surface area contributed by atoms with Gasteiger partial charge in [-0.25, -0.2) is 4.39 Å². The number of hydrogen-bond donors (Lipinski definition) is 1. The second-order valence-electron chi connectivity index (χ2n) is 6.40. The Morgan fingerprint density at radius 1 is 1.11 bits per heavy atom. The van der Waals surface area contributed by atoms with Gasteiger partial charge in [0.1, 0.15) is 11.5 Å². The molecule has 0 unspecified atom stereocenters. The normalized spacial score (nSPS) is 14.2. The highest BCUT2D eigenvalue weighted by Crippen LogP contribution is 2.32. The Bertz CT molecular complexity index is 941. The van der Waals surface area contributed by atoms with Crippen LogP contribution < -0.4 is 5.32 Å². The van der Waals surface area contributed by atoms with Crippen LogP contribution >= 0.6 is 11.6 Å². The van der Waals surface area contributed by atoms with Gasteiger partial charge in [0.2, 0.25) is 0 Å². The maximum absolute atomic E-state index is 13.3. The first-order valence-corrected chi connectivity index (χ1v) is 9.19. The summed E-state index contributed by atoms with van der Waals surface area (Å²) in [6.45, 7) is 2.48. The summed E-state index contributed by atoms with van der Waals surface area (Å²) in [6.07, 6.45) is 0.522. The maximum atomic E-state index is 13.3. The smallest absolute Gasteiger partial charge is 0.278 e. The predicted molar refractivity (Wildman–Crippen MR) is 106 cm³/mol. The summed E-state index contributed by atoms with van der Waals surface area (Å²) < 4.78 is 18.4. The highest BCUT2D eigenvalue weighted by atomic mass is 35.5. The van der Waals surface area contributed by atoms with E-state index in [1.807, 2.05) is 6.92 Å². The van der Waals surface area contributed by atoms with Crippen molar-refractivity contribution in [1.29, 1.82) is 0 Å². The van der Waals surface area contributed by atoms with Gasteiger partial charge in [0.25, 0.3) is 11.8 Å². The van der Waals surface area contributed by atoms with Gasteiger partial charge < -0.3 is 10.1 Å². The molecule has 1 aliphatic heterocycles. The number of nitrogens with zero attached hydrogens (tertiary/aromatic N) is 1. The van der Waals surface area contributed by atoms with Crippen LogP contribution in [-0.2, 0) is 14.3 Å². The highest BCUT2D eigenvalue weighted by Gasteiger charge is 2.39. The lowest BCUT2D eigenvalue weighted by atomic mass is 10.0. The van der Waals surface area contributed by atoms with E-state index in [1.165, 1.54) is 29.2 Å². The molecule has 0 atom stereocenters. The van der Waals surface area contributed by atoms with Crippen molar-refractivity contribution in [2.45, 2.75) is 13.3 Å². The quantitative estimate of drug-likeness (QED) is 0.561. The number of ether oxygens (including phenoxy) is 1. The van der Waals surface area contributed by atoms with E-state index in [4.69, 9.17) is 16.3 Å². The zero-order valence-corrected chi connectivity index (χ0v) is 16.3. The van der Waals surface area contributed by atoms with E-state index >= 15 is 0 Å². The van der Waals surface area contributed by atoms with Crippen molar-refractivity contribution in [1.82, 2.24) is 4.90 Å². The molecule has 0 saturated carbocycles. The molecular weight excluding hydrogens is 383 g/mol. The number of amides is 2. The third-order valence-corrected chi connectivity index (χ3v) is 4.97. The molecule has 7 heteroatoms. The van der Waals surface area contributed by atoms with Gasteiger partial charge in [-0.3, -0.25) is 14.5 Å². The van der Waals surface area contributed by atoms with Crippen LogP contribution in [0.2, 0.25) is 5.02 Å². The molecule has 0 radical (unpaired) electrons. The number of hydrogen-bond acceptors (Lipinski definition) is 4. The molecule has 1 heterocycles. The number of methoxy groups -OCH3 is 1. The van der Waals surface area contributed by atoms with E-state index in [-0.39, 0.29) is 17.8 Å². The van der Waals surface area contributed by atoms with Gasteiger partial charge in [0.15, 0.2) is 0 Å². The molecule has 5 nitrogen and oxygen atoms in total. The van der Waals surface area contributed by atoms with Crippen LogP contribution in [0.5, 0.6) is 0 Å². The number of nitrogens with one attached hydrogen (secondary N) is 1. The van der Waals surface area contributed by atoms with Crippen LogP contribution in [0, 0.1) is 12.7 Å². The lowest BCUT2D eigenvalue weighted by molar-refractivity contribution is -0.136. The fourth-order valence-electron chi connectivity index (χ4n) is 3.02. The lowest BCUT2D eigenvalue weighted by Gasteiger charge is -2.15. The molecule has 146 valence electrons. The largest absolute Gasteiger partial charge is 0.385 e. The first-order chi connectivity index (χ1) is 13.4. The first kappa shape index (κ1) is 20.0. The minimum absolute atomic E-state index is 0.152. The SMILES string of the molecule is COCCCN1C(=O)C(Nc2cccc(Cl)c2C)=C(c2ccc(F)cc2)C1=O. The average molecular weight is 403 g/mol. The van der Waals surface area contributed by atoms with Crippen LogP contribution in [0.25, 0.3) is 5.57 Å². The van der Waals surface area contributed by atoms with E-state index < -0.39 is 17.6 Å². The number of rotatable bonds is 7. The van der Waals surface area contributed by atoms with Crippen LogP contribution in [0.4, 0.5) is 10.1 Å². The van der Waals surface area contributed by atoms with Gasteiger partial charge >= 0.3 is 0 Å². The molecule has 3 rings (SSSR count). The van der Waals surface area contributed by atoms with Gasteiger partial charge in [-0.2, -0.15) is 0 Å². The third kappa shape index (κ3) is 3.93. The molecule has 2 aromatic rings. The zero-order chi connectivity index (χ0) is 20.3. The van der Waals surface area contributed by atoms with Gasteiger partial charge in [0, 0.05) is 31.0 Å². The summed E-state index contributed by atoms with van der Waals surface area (Å²) in [5.41, 5.74) is 2.22. The molecule has 28 heavy (non-hydrogen) atoms. The van der Waals surface area contributed by atoms with Crippen LogP contribution in [0.3, 0.4) is 0 Å². The molecule has 0 aliphatic carbocycles. The van der Waals surface area contributed by atoms with Crippen molar-refractivity contribution in [3.05, 3.63) is 70.1 Å². The van der Waals surface area contributed by atoms with Crippen molar-refractivity contribution in [3.63, 3.8) is 0 Å². The minimum Gasteiger partial charge on any atom is -0.385 e. The van der Waals surface area contributed by atoms with Crippen molar-refractivity contribution in [2.75, 3.05) is 25.6 Å². The van der Waals surface area contributed by atoms with Gasteiger partial charge in [0.05, 0.1) is 5.57 Å². The van der Waals surface area contributed by atoms with Crippen molar-refractivity contribution in [2.24, 2.45) is 0 Å². The Morgan fingerprint density at radius 3 is 2.50 bits per heavy atom. The number of halogens is 2. The second kappa shape index (κ2) is 8.54.